The molecular formula is C7H10O6. The zero-order valence-electron chi connectivity index (χ0n) is 6.84. The van der Waals surface area contributed by atoms with Gasteiger partial charge in [0.1, 0.15) is 0 Å². The van der Waals surface area contributed by atoms with Crippen molar-refractivity contribution in [1.29, 1.82) is 0 Å². The Hall–Kier alpha value is -1.27. The monoisotopic (exact) mass is 190 g/mol. The standard InChI is InChI=1S/C7H10O6/c1-2(8)6-4(10)3(9)5(11)7(12)13-6/h2,4,6,8-11H,1H3. The summed E-state index contributed by atoms with van der Waals surface area (Å²) in [6.45, 7) is 1.29. The number of aliphatic hydroxyl groups excluding tert-OH is 4. The van der Waals surface area contributed by atoms with Gasteiger partial charge in [-0.2, -0.15) is 0 Å². The lowest BCUT2D eigenvalue weighted by atomic mass is 10.0. The van der Waals surface area contributed by atoms with Crippen LogP contribution in [0.1, 0.15) is 6.92 Å². The number of esters is 1. The Labute approximate surface area is 73.7 Å². The average molecular weight is 190 g/mol. The van der Waals surface area contributed by atoms with Crippen LogP contribution in [0, 0.1) is 0 Å². The lowest BCUT2D eigenvalue weighted by molar-refractivity contribution is -0.167. The van der Waals surface area contributed by atoms with E-state index in [-0.39, 0.29) is 0 Å². The molecule has 0 spiro atoms. The highest BCUT2D eigenvalue weighted by molar-refractivity contribution is 5.87. The third-order valence-corrected chi connectivity index (χ3v) is 1.75. The molecule has 0 aromatic rings. The molecule has 1 heterocycles. The molecule has 0 amide bonds. The zero-order chi connectivity index (χ0) is 10.2. The lowest BCUT2D eigenvalue weighted by Crippen LogP contribution is -2.45. The van der Waals surface area contributed by atoms with Gasteiger partial charge in [-0.05, 0) is 6.92 Å². The SMILES string of the molecule is CC(O)C1OC(=O)C(O)=C(O)C1O. The maximum atomic E-state index is 10.8. The van der Waals surface area contributed by atoms with Crippen molar-refractivity contribution >= 4 is 5.97 Å². The van der Waals surface area contributed by atoms with E-state index in [4.69, 9.17) is 15.3 Å². The molecule has 0 saturated heterocycles. The third-order valence-electron chi connectivity index (χ3n) is 1.75. The zero-order valence-corrected chi connectivity index (χ0v) is 6.84. The highest BCUT2D eigenvalue weighted by Gasteiger charge is 2.39. The number of carbonyl (C=O) groups is 1. The second-order valence-electron chi connectivity index (χ2n) is 2.79. The summed E-state index contributed by atoms with van der Waals surface area (Å²) in [5.41, 5.74) is 0. The minimum absolute atomic E-state index is 0.873. The van der Waals surface area contributed by atoms with Crippen LogP contribution in [0.3, 0.4) is 0 Å². The van der Waals surface area contributed by atoms with E-state index in [1.54, 1.807) is 0 Å². The Kier molecular flexibility index (Phi) is 2.44. The van der Waals surface area contributed by atoms with Gasteiger partial charge in [0.25, 0.3) is 0 Å². The van der Waals surface area contributed by atoms with E-state index in [9.17, 15) is 9.90 Å². The number of aliphatic hydroxyl groups is 4. The van der Waals surface area contributed by atoms with E-state index < -0.39 is 35.8 Å². The van der Waals surface area contributed by atoms with Gasteiger partial charge in [-0.15, -0.1) is 0 Å². The minimum atomic E-state index is -1.59. The maximum absolute atomic E-state index is 10.8. The van der Waals surface area contributed by atoms with E-state index in [0.717, 1.165) is 0 Å². The molecule has 0 aliphatic carbocycles. The first-order valence-electron chi connectivity index (χ1n) is 3.64. The minimum Gasteiger partial charge on any atom is -0.506 e. The molecule has 1 aliphatic heterocycles. The molecule has 13 heavy (non-hydrogen) atoms. The van der Waals surface area contributed by atoms with Crippen LogP contribution in [-0.4, -0.2) is 44.7 Å². The fourth-order valence-electron chi connectivity index (χ4n) is 1.01. The van der Waals surface area contributed by atoms with Gasteiger partial charge in [-0.25, -0.2) is 4.79 Å². The number of ether oxygens (including phenoxy) is 1. The van der Waals surface area contributed by atoms with Crippen LogP contribution >= 0.6 is 0 Å². The van der Waals surface area contributed by atoms with E-state index in [1.807, 2.05) is 0 Å². The Balaban J connectivity index is 2.96. The van der Waals surface area contributed by atoms with Crippen LogP contribution in [0.2, 0.25) is 0 Å². The predicted molar refractivity (Wildman–Crippen MR) is 39.9 cm³/mol. The van der Waals surface area contributed by atoms with Crippen LogP contribution in [0.5, 0.6) is 0 Å². The Morgan fingerprint density at radius 1 is 1.46 bits per heavy atom. The van der Waals surface area contributed by atoms with Crippen LogP contribution in [0.25, 0.3) is 0 Å². The van der Waals surface area contributed by atoms with Gasteiger partial charge in [0, 0.05) is 0 Å². The molecule has 0 radical (unpaired) electrons. The molecule has 0 bridgehead atoms. The molecule has 74 valence electrons. The number of rotatable bonds is 1. The second kappa shape index (κ2) is 3.23. The van der Waals surface area contributed by atoms with Gasteiger partial charge in [0.2, 0.25) is 5.76 Å². The molecule has 6 heteroatoms. The first kappa shape index (κ1) is 9.82. The quantitative estimate of drug-likeness (QED) is 0.394. The van der Waals surface area contributed by atoms with Gasteiger partial charge in [0.15, 0.2) is 18.0 Å². The molecule has 1 rings (SSSR count). The van der Waals surface area contributed by atoms with Crippen molar-refractivity contribution in [3.8, 4) is 0 Å². The van der Waals surface area contributed by atoms with Crippen molar-refractivity contribution in [1.82, 2.24) is 0 Å². The van der Waals surface area contributed by atoms with Crippen LogP contribution in [0.15, 0.2) is 11.5 Å². The second-order valence-corrected chi connectivity index (χ2v) is 2.79. The van der Waals surface area contributed by atoms with Gasteiger partial charge < -0.3 is 25.2 Å². The fourth-order valence-corrected chi connectivity index (χ4v) is 1.01. The van der Waals surface area contributed by atoms with Crippen LogP contribution in [0.4, 0.5) is 0 Å². The normalized spacial score (nSPS) is 31.5. The highest BCUT2D eigenvalue weighted by atomic mass is 16.6. The van der Waals surface area contributed by atoms with Crippen LogP contribution in [-0.2, 0) is 9.53 Å². The molecule has 0 saturated carbocycles. The molecule has 0 aromatic heterocycles. The van der Waals surface area contributed by atoms with E-state index in [2.05, 4.69) is 4.74 Å². The summed E-state index contributed by atoms with van der Waals surface area (Å²) >= 11 is 0. The summed E-state index contributed by atoms with van der Waals surface area (Å²) in [6.07, 6.45) is -3.96. The summed E-state index contributed by atoms with van der Waals surface area (Å²) in [6, 6.07) is 0. The molecule has 3 atom stereocenters. The molecule has 4 N–H and O–H groups in total. The summed E-state index contributed by atoms with van der Waals surface area (Å²) in [5.74, 6) is -3.06. The number of hydrogen-bond acceptors (Lipinski definition) is 6. The average Bonchev–Trinajstić information content (AvgIpc) is 2.07. The number of hydrogen-bond donors (Lipinski definition) is 4. The van der Waals surface area contributed by atoms with Crippen molar-refractivity contribution in [3.05, 3.63) is 11.5 Å². The molecular weight excluding hydrogens is 180 g/mol. The first-order chi connectivity index (χ1) is 5.95. The van der Waals surface area contributed by atoms with Gasteiger partial charge >= 0.3 is 5.97 Å². The molecule has 6 nitrogen and oxygen atoms in total. The van der Waals surface area contributed by atoms with Crippen LogP contribution < -0.4 is 0 Å². The smallest absolute Gasteiger partial charge is 0.377 e. The van der Waals surface area contributed by atoms with E-state index in [1.165, 1.54) is 6.92 Å². The maximum Gasteiger partial charge on any atom is 0.377 e. The van der Waals surface area contributed by atoms with Gasteiger partial charge in [-0.3, -0.25) is 0 Å². The first-order valence-corrected chi connectivity index (χ1v) is 3.64. The van der Waals surface area contributed by atoms with E-state index in [0.29, 0.717) is 0 Å². The van der Waals surface area contributed by atoms with Gasteiger partial charge in [0.05, 0.1) is 6.10 Å². The van der Waals surface area contributed by atoms with Crippen molar-refractivity contribution in [2.45, 2.75) is 25.2 Å². The molecule has 0 aromatic carbocycles. The van der Waals surface area contributed by atoms with Gasteiger partial charge in [-0.1, -0.05) is 0 Å². The third kappa shape index (κ3) is 1.58. The predicted octanol–water partition coefficient (Wildman–Crippen LogP) is -1.02. The van der Waals surface area contributed by atoms with Crippen molar-refractivity contribution in [3.63, 3.8) is 0 Å². The fraction of sp³-hybridized carbons (Fsp3) is 0.571. The van der Waals surface area contributed by atoms with Crippen molar-refractivity contribution in [2.75, 3.05) is 0 Å². The summed E-state index contributed by atoms with van der Waals surface area (Å²) in [5, 5.41) is 36.0. The Morgan fingerprint density at radius 2 is 2.00 bits per heavy atom. The Bertz CT molecular complexity index is 256. The Morgan fingerprint density at radius 3 is 2.46 bits per heavy atom. The van der Waals surface area contributed by atoms with Crippen molar-refractivity contribution in [2.24, 2.45) is 0 Å². The summed E-state index contributed by atoms with van der Waals surface area (Å²) < 4.78 is 4.44. The number of carbonyl (C=O) groups excluding carboxylic acids is 1. The largest absolute Gasteiger partial charge is 0.506 e. The molecule has 1 aliphatic rings. The number of cyclic esters (lactones) is 1. The summed E-state index contributed by atoms with van der Waals surface area (Å²) in [7, 11) is 0. The van der Waals surface area contributed by atoms with E-state index >= 15 is 0 Å². The summed E-state index contributed by atoms with van der Waals surface area (Å²) in [4.78, 5) is 10.8. The highest BCUT2D eigenvalue weighted by Crippen LogP contribution is 2.20. The lowest BCUT2D eigenvalue weighted by Gasteiger charge is -2.28. The molecule has 0 fully saturated rings. The molecule has 3 unspecified atom stereocenters. The van der Waals surface area contributed by atoms with Crippen molar-refractivity contribution < 1.29 is 30.0 Å². The topological polar surface area (TPSA) is 107 Å².